The number of amides is 2. The highest BCUT2D eigenvalue weighted by Crippen LogP contribution is 2.10. The number of alkyl carbamates (subject to hydrolysis) is 1. The Hall–Kier alpha value is -2.83. The van der Waals surface area contributed by atoms with Gasteiger partial charge in [0.1, 0.15) is 12.6 Å². The molecule has 1 unspecified atom stereocenters. The minimum Gasteiger partial charge on any atom is -0.445 e. The summed E-state index contributed by atoms with van der Waals surface area (Å²) in [5.74, 6) is -0.00335. The van der Waals surface area contributed by atoms with Crippen molar-refractivity contribution < 1.29 is 14.3 Å². The second-order valence-corrected chi connectivity index (χ2v) is 8.03. The number of carbonyl (C=O) groups is 2. The number of aromatic nitrogens is 2. The summed E-state index contributed by atoms with van der Waals surface area (Å²) in [6.45, 7) is 11.4. The van der Waals surface area contributed by atoms with Gasteiger partial charge in [-0.2, -0.15) is 5.10 Å². The topological polar surface area (TPSA) is 85.2 Å². The molecule has 2 aromatic rings. The predicted molar refractivity (Wildman–Crippen MR) is 117 cm³/mol. The molecule has 7 heteroatoms. The van der Waals surface area contributed by atoms with Crippen molar-refractivity contribution in [2.24, 2.45) is 11.8 Å². The summed E-state index contributed by atoms with van der Waals surface area (Å²) >= 11 is 0. The molecule has 0 spiro atoms. The fourth-order valence-corrected chi connectivity index (χ4v) is 3.20. The summed E-state index contributed by atoms with van der Waals surface area (Å²) < 4.78 is 7.24. The van der Waals surface area contributed by atoms with Crippen LogP contribution in [0.2, 0.25) is 0 Å². The zero-order valence-electron chi connectivity index (χ0n) is 18.6. The Balaban J connectivity index is 1.86. The van der Waals surface area contributed by atoms with E-state index < -0.39 is 12.1 Å². The van der Waals surface area contributed by atoms with Crippen molar-refractivity contribution in [2.75, 3.05) is 6.54 Å². The fourth-order valence-electron chi connectivity index (χ4n) is 3.20. The number of aryl methyl sites for hydroxylation is 2. The van der Waals surface area contributed by atoms with Crippen molar-refractivity contribution in [2.45, 2.75) is 60.2 Å². The van der Waals surface area contributed by atoms with Gasteiger partial charge in [0.2, 0.25) is 5.91 Å². The molecule has 1 heterocycles. The maximum atomic E-state index is 12.8. The fraction of sp³-hybridized carbons (Fsp3) is 0.522. The number of carbonyl (C=O) groups excluding carboxylic acids is 2. The number of rotatable bonds is 10. The van der Waals surface area contributed by atoms with Gasteiger partial charge in [0.15, 0.2) is 0 Å². The van der Waals surface area contributed by atoms with Crippen LogP contribution < -0.4 is 10.6 Å². The summed E-state index contributed by atoms with van der Waals surface area (Å²) in [7, 11) is 0. The lowest BCUT2D eigenvalue weighted by atomic mass is 9.98. The van der Waals surface area contributed by atoms with Gasteiger partial charge in [-0.25, -0.2) is 4.79 Å². The smallest absolute Gasteiger partial charge is 0.408 e. The maximum absolute atomic E-state index is 12.8. The van der Waals surface area contributed by atoms with Crippen LogP contribution in [0.15, 0.2) is 36.4 Å². The second kappa shape index (κ2) is 11.4. The highest BCUT2D eigenvalue weighted by molar-refractivity contribution is 5.85. The first-order valence-electron chi connectivity index (χ1n) is 10.6. The second-order valence-electron chi connectivity index (χ2n) is 8.03. The molecule has 0 saturated carbocycles. The number of nitrogens with one attached hydrogen (secondary N) is 2. The van der Waals surface area contributed by atoms with E-state index in [1.807, 2.05) is 68.8 Å². The van der Waals surface area contributed by atoms with E-state index in [1.54, 1.807) is 0 Å². The van der Waals surface area contributed by atoms with Crippen LogP contribution in [-0.2, 0) is 22.7 Å². The number of hydrogen-bond acceptors (Lipinski definition) is 4. The molecule has 2 amide bonds. The molecule has 0 bridgehead atoms. The lowest BCUT2D eigenvalue weighted by molar-refractivity contribution is -0.124. The number of benzene rings is 1. The summed E-state index contributed by atoms with van der Waals surface area (Å²) in [6, 6.07) is 10.8. The standard InChI is InChI=1S/C23H34N4O3/c1-6-17(3)21(25-23(29)30-15-20-10-8-7-9-11-20)22(28)24-13-16(2)14-27-19(5)12-18(4)26-27/h7-12,16-17,21H,6,13-15H2,1-5H3,(H,24,28)(H,25,29)/t16?,17-,21-/m0/s1. The molecule has 3 atom stereocenters. The van der Waals surface area contributed by atoms with Crippen molar-refractivity contribution in [3.05, 3.63) is 53.3 Å². The monoisotopic (exact) mass is 414 g/mol. The third-order valence-electron chi connectivity index (χ3n) is 5.19. The quantitative estimate of drug-likeness (QED) is 0.622. The van der Waals surface area contributed by atoms with Gasteiger partial charge in [-0.3, -0.25) is 9.48 Å². The van der Waals surface area contributed by atoms with Gasteiger partial charge < -0.3 is 15.4 Å². The number of hydrogen-bond donors (Lipinski definition) is 2. The first-order chi connectivity index (χ1) is 14.3. The molecule has 0 fully saturated rings. The maximum Gasteiger partial charge on any atom is 0.408 e. The van der Waals surface area contributed by atoms with Crippen LogP contribution in [0.5, 0.6) is 0 Å². The normalized spacial score (nSPS) is 13.9. The van der Waals surface area contributed by atoms with Crippen LogP contribution in [-0.4, -0.2) is 34.4 Å². The van der Waals surface area contributed by atoms with E-state index >= 15 is 0 Å². The van der Waals surface area contributed by atoms with Crippen molar-refractivity contribution in [1.29, 1.82) is 0 Å². The van der Waals surface area contributed by atoms with Crippen LogP contribution in [0.25, 0.3) is 0 Å². The molecule has 2 rings (SSSR count). The van der Waals surface area contributed by atoms with Crippen molar-refractivity contribution >= 4 is 12.0 Å². The van der Waals surface area contributed by atoms with E-state index in [4.69, 9.17) is 4.74 Å². The van der Waals surface area contributed by atoms with Crippen molar-refractivity contribution in [1.82, 2.24) is 20.4 Å². The third kappa shape index (κ3) is 7.21. The number of nitrogens with zero attached hydrogens (tertiary/aromatic N) is 2. The Morgan fingerprint density at radius 2 is 1.87 bits per heavy atom. The lowest BCUT2D eigenvalue weighted by Crippen LogP contribution is -2.51. The summed E-state index contributed by atoms with van der Waals surface area (Å²) in [4.78, 5) is 25.0. The first kappa shape index (κ1) is 23.4. The molecular formula is C23H34N4O3. The van der Waals surface area contributed by atoms with E-state index in [0.29, 0.717) is 6.54 Å². The molecule has 30 heavy (non-hydrogen) atoms. The SMILES string of the molecule is CC[C@H](C)[C@H](NC(=O)OCc1ccccc1)C(=O)NCC(C)Cn1nc(C)cc1C. The molecule has 0 aliphatic carbocycles. The Kier molecular flexibility index (Phi) is 8.89. The zero-order valence-corrected chi connectivity index (χ0v) is 18.6. The average molecular weight is 415 g/mol. The van der Waals surface area contributed by atoms with E-state index in [9.17, 15) is 9.59 Å². The summed E-state index contributed by atoms with van der Waals surface area (Å²) in [5, 5.41) is 10.2. The van der Waals surface area contributed by atoms with Gasteiger partial charge in [0, 0.05) is 18.8 Å². The van der Waals surface area contributed by atoms with Gasteiger partial charge in [-0.1, -0.05) is 57.5 Å². The van der Waals surface area contributed by atoms with Crippen LogP contribution >= 0.6 is 0 Å². The average Bonchev–Trinajstić information content (AvgIpc) is 3.05. The highest BCUT2D eigenvalue weighted by Gasteiger charge is 2.26. The molecular weight excluding hydrogens is 380 g/mol. The summed E-state index contributed by atoms with van der Waals surface area (Å²) in [6.07, 6.45) is 0.174. The van der Waals surface area contributed by atoms with Crippen molar-refractivity contribution in [3.8, 4) is 0 Å². The van der Waals surface area contributed by atoms with Crippen LogP contribution in [0.4, 0.5) is 4.79 Å². The largest absolute Gasteiger partial charge is 0.445 e. The van der Waals surface area contributed by atoms with Crippen LogP contribution in [0.1, 0.15) is 44.1 Å². The van der Waals surface area contributed by atoms with Gasteiger partial charge >= 0.3 is 6.09 Å². The molecule has 0 aliphatic heterocycles. The van der Waals surface area contributed by atoms with Gasteiger partial charge in [-0.05, 0) is 37.3 Å². The molecule has 0 aliphatic rings. The van der Waals surface area contributed by atoms with Gasteiger partial charge in [0.05, 0.1) is 5.69 Å². The molecule has 1 aromatic carbocycles. The van der Waals surface area contributed by atoms with Gasteiger partial charge in [-0.15, -0.1) is 0 Å². The molecule has 0 saturated heterocycles. The van der Waals surface area contributed by atoms with E-state index in [2.05, 4.69) is 22.7 Å². The zero-order chi connectivity index (χ0) is 22.1. The summed E-state index contributed by atoms with van der Waals surface area (Å²) in [5.41, 5.74) is 2.99. The molecule has 2 N–H and O–H groups in total. The predicted octanol–water partition coefficient (Wildman–Crippen LogP) is 3.59. The minimum atomic E-state index is -0.640. The molecule has 164 valence electrons. The highest BCUT2D eigenvalue weighted by atomic mass is 16.5. The van der Waals surface area contributed by atoms with Crippen LogP contribution in [0, 0.1) is 25.7 Å². The van der Waals surface area contributed by atoms with Crippen LogP contribution in [0.3, 0.4) is 0 Å². The Bertz CT molecular complexity index is 819. The third-order valence-corrected chi connectivity index (χ3v) is 5.19. The minimum absolute atomic E-state index is 0.0133. The first-order valence-corrected chi connectivity index (χ1v) is 10.6. The Morgan fingerprint density at radius 1 is 1.17 bits per heavy atom. The van der Waals surface area contributed by atoms with E-state index in [1.165, 1.54) is 0 Å². The van der Waals surface area contributed by atoms with Crippen molar-refractivity contribution in [3.63, 3.8) is 0 Å². The van der Waals surface area contributed by atoms with E-state index in [0.717, 1.165) is 29.9 Å². The Labute approximate surface area is 179 Å². The molecule has 1 aromatic heterocycles. The van der Waals surface area contributed by atoms with Gasteiger partial charge in [0.25, 0.3) is 0 Å². The number of ether oxygens (including phenoxy) is 1. The molecule has 0 radical (unpaired) electrons. The lowest BCUT2D eigenvalue weighted by Gasteiger charge is -2.24. The Morgan fingerprint density at radius 3 is 2.47 bits per heavy atom. The molecule has 7 nitrogen and oxygen atoms in total. The van der Waals surface area contributed by atoms with E-state index in [-0.39, 0.29) is 24.3 Å².